The first kappa shape index (κ1) is 13.8. The number of allylic oxidation sites excluding steroid dienone is 2. The van der Waals surface area contributed by atoms with E-state index in [0.717, 1.165) is 12.5 Å². The summed E-state index contributed by atoms with van der Waals surface area (Å²) in [5.74, 6) is 1.47. The minimum absolute atomic E-state index is 0.705. The Morgan fingerprint density at radius 3 is 1.93 bits per heavy atom. The summed E-state index contributed by atoms with van der Waals surface area (Å²) in [6, 6.07) is 0. The summed E-state index contributed by atoms with van der Waals surface area (Å²) in [5, 5.41) is 5.25. The van der Waals surface area contributed by atoms with Crippen LogP contribution >= 0.6 is 0 Å². The summed E-state index contributed by atoms with van der Waals surface area (Å²) in [6.45, 7) is 12.5. The van der Waals surface area contributed by atoms with E-state index in [1.165, 1.54) is 28.8 Å². The standard InChI is InChI=1S/C12H27NSi/c1-6-9(4)11(13-8-3)12(14)10(5)7-2/h9-10,13H,6-8H2,1-5,14H3. The molecular formula is C12H27NSi. The van der Waals surface area contributed by atoms with Gasteiger partial charge in [0.15, 0.2) is 0 Å². The molecule has 2 unspecified atom stereocenters. The predicted octanol–water partition coefficient (Wildman–Crippen LogP) is 2.27. The molecule has 0 saturated heterocycles. The van der Waals surface area contributed by atoms with Gasteiger partial charge in [0.2, 0.25) is 0 Å². The Hall–Kier alpha value is -0.243. The van der Waals surface area contributed by atoms with Crippen molar-refractivity contribution in [2.24, 2.45) is 11.8 Å². The van der Waals surface area contributed by atoms with Crippen molar-refractivity contribution in [1.82, 2.24) is 5.32 Å². The molecule has 2 atom stereocenters. The van der Waals surface area contributed by atoms with E-state index in [1.54, 1.807) is 5.20 Å². The van der Waals surface area contributed by atoms with Crippen molar-refractivity contribution in [2.75, 3.05) is 6.54 Å². The Morgan fingerprint density at radius 1 is 1.07 bits per heavy atom. The van der Waals surface area contributed by atoms with Crippen LogP contribution in [0.1, 0.15) is 47.5 Å². The fourth-order valence-electron chi connectivity index (χ4n) is 1.67. The lowest BCUT2D eigenvalue weighted by Crippen LogP contribution is -2.22. The van der Waals surface area contributed by atoms with Crippen molar-refractivity contribution in [1.29, 1.82) is 0 Å². The van der Waals surface area contributed by atoms with Crippen LogP contribution in [0.2, 0.25) is 0 Å². The van der Waals surface area contributed by atoms with Gasteiger partial charge in [-0.1, -0.05) is 39.3 Å². The van der Waals surface area contributed by atoms with Gasteiger partial charge in [-0.25, -0.2) is 0 Å². The monoisotopic (exact) mass is 213 g/mol. The van der Waals surface area contributed by atoms with Gasteiger partial charge in [-0.2, -0.15) is 0 Å². The highest BCUT2D eigenvalue weighted by Gasteiger charge is 2.12. The van der Waals surface area contributed by atoms with Gasteiger partial charge < -0.3 is 5.32 Å². The highest BCUT2D eigenvalue weighted by Crippen LogP contribution is 2.21. The van der Waals surface area contributed by atoms with Gasteiger partial charge in [0, 0.05) is 22.5 Å². The second kappa shape index (κ2) is 7.10. The second-order valence-electron chi connectivity index (χ2n) is 4.25. The fraction of sp³-hybridized carbons (Fsp3) is 0.833. The topological polar surface area (TPSA) is 12.0 Å². The number of rotatable bonds is 6. The van der Waals surface area contributed by atoms with Crippen LogP contribution in [0.25, 0.3) is 0 Å². The average molecular weight is 213 g/mol. The van der Waals surface area contributed by atoms with Crippen LogP contribution in [0.3, 0.4) is 0 Å². The van der Waals surface area contributed by atoms with Crippen molar-refractivity contribution < 1.29 is 0 Å². The first-order valence-electron chi connectivity index (χ1n) is 6.02. The van der Waals surface area contributed by atoms with Crippen LogP contribution in [-0.2, 0) is 0 Å². The Morgan fingerprint density at radius 2 is 1.57 bits per heavy atom. The third kappa shape index (κ3) is 3.87. The minimum Gasteiger partial charge on any atom is -0.389 e. The van der Waals surface area contributed by atoms with Crippen molar-refractivity contribution in [3.8, 4) is 0 Å². The van der Waals surface area contributed by atoms with Crippen LogP contribution in [0, 0.1) is 11.8 Å². The van der Waals surface area contributed by atoms with Crippen LogP contribution in [0.15, 0.2) is 10.9 Å². The highest BCUT2D eigenvalue weighted by atomic mass is 28.1. The first-order chi connectivity index (χ1) is 6.58. The molecule has 0 radical (unpaired) electrons. The zero-order chi connectivity index (χ0) is 11.1. The van der Waals surface area contributed by atoms with Crippen LogP contribution in [0.4, 0.5) is 0 Å². The molecule has 84 valence electrons. The van der Waals surface area contributed by atoms with Crippen LogP contribution < -0.4 is 5.32 Å². The SMILES string of the molecule is CCNC(=C([SiH3])C(C)CC)C(C)CC. The van der Waals surface area contributed by atoms with Crippen LogP contribution in [-0.4, -0.2) is 16.8 Å². The molecule has 0 bridgehead atoms. The molecule has 0 aromatic heterocycles. The van der Waals surface area contributed by atoms with Gasteiger partial charge in [0.25, 0.3) is 0 Å². The molecule has 0 spiro atoms. The predicted molar refractivity (Wildman–Crippen MR) is 69.6 cm³/mol. The molecule has 1 nitrogen and oxygen atoms in total. The van der Waals surface area contributed by atoms with Crippen molar-refractivity contribution in [2.45, 2.75) is 47.5 Å². The second-order valence-corrected chi connectivity index (χ2v) is 5.32. The van der Waals surface area contributed by atoms with E-state index in [1.807, 2.05) is 0 Å². The van der Waals surface area contributed by atoms with Gasteiger partial charge in [0.05, 0.1) is 0 Å². The summed E-state index contributed by atoms with van der Waals surface area (Å²) in [7, 11) is 1.20. The van der Waals surface area contributed by atoms with Crippen molar-refractivity contribution >= 4 is 10.2 Å². The molecule has 14 heavy (non-hydrogen) atoms. The smallest absolute Gasteiger partial charge is 0.0359 e. The molecule has 0 rings (SSSR count). The normalized spacial score (nSPS) is 17.5. The fourth-order valence-corrected chi connectivity index (χ4v) is 2.75. The Balaban J connectivity index is 4.74. The highest BCUT2D eigenvalue weighted by molar-refractivity contribution is 6.22. The molecule has 0 aromatic rings. The van der Waals surface area contributed by atoms with Crippen LogP contribution in [0.5, 0.6) is 0 Å². The molecule has 0 aliphatic carbocycles. The number of hydrogen-bond acceptors (Lipinski definition) is 1. The molecule has 0 saturated carbocycles. The summed E-state index contributed by atoms with van der Waals surface area (Å²) in [5.41, 5.74) is 1.54. The van der Waals surface area contributed by atoms with Gasteiger partial charge in [-0.05, 0) is 25.2 Å². The van der Waals surface area contributed by atoms with Crippen molar-refractivity contribution in [3.05, 3.63) is 10.9 Å². The molecule has 0 amide bonds. The van der Waals surface area contributed by atoms with E-state index in [-0.39, 0.29) is 0 Å². The third-order valence-corrected chi connectivity index (χ3v) is 4.77. The maximum Gasteiger partial charge on any atom is 0.0359 e. The molecule has 1 N–H and O–H groups in total. The van der Waals surface area contributed by atoms with E-state index in [9.17, 15) is 0 Å². The Kier molecular flexibility index (Phi) is 6.98. The van der Waals surface area contributed by atoms with E-state index < -0.39 is 0 Å². The summed E-state index contributed by atoms with van der Waals surface area (Å²) < 4.78 is 0. The molecule has 0 fully saturated rings. The lowest BCUT2D eigenvalue weighted by molar-refractivity contribution is 0.567. The maximum atomic E-state index is 3.56. The van der Waals surface area contributed by atoms with E-state index in [0.29, 0.717) is 5.92 Å². The van der Waals surface area contributed by atoms with Gasteiger partial charge >= 0.3 is 0 Å². The quantitative estimate of drug-likeness (QED) is 0.668. The summed E-state index contributed by atoms with van der Waals surface area (Å²) in [4.78, 5) is 0. The Labute approximate surface area is 92.8 Å². The zero-order valence-corrected chi connectivity index (χ0v) is 12.8. The third-order valence-electron chi connectivity index (χ3n) is 3.25. The molecular weight excluding hydrogens is 186 g/mol. The summed E-state index contributed by atoms with van der Waals surface area (Å²) in [6.07, 6.45) is 2.51. The van der Waals surface area contributed by atoms with Gasteiger partial charge in [-0.15, -0.1) is 0 Å². The van der Waals surface area contributed by atoms with Crippen molar-refractivity contribution in [3.63, 3.8) is 0 Å². The lowest BCUT2D eigenvalue weighted by atomic mass is 9.98. The molecule has 0 aliphatic rings. The lowest BCUT2D eigenvalue weighted by Gasteiger charge is -2.22. The van der Waals surface area contributed by atoms with E-state index in [2.05, 4.69) is 39.9 Å². The first-order valence-corrected chi connectivity index (χ1v) is 7.02. The summed E-state index contributed by atoms with van der Waals surface area (Å²) >= 11 is 0. The average Bonchev–Trinajstić information content (AvgIpc) is 2.22. The molecule has 0 aliphatic heterocycles. The maximum absolute atomic E-state index is 3.56. The van der Waals surface area contributed by atoms with Gasteiger partial charge in [-0.3, -0.25) is 0 Å². The molecule has 0 aromatic carbocycles. The molecule has 2 heteroatoms. The van der Waals surface area contributed by atoms with E-state index >= 15 is 0 Å². The number of nitrogens with one attached hydrogen (secondary N) is 1. The largest absolute Gasteiger partial charge is 0.389 e. The minimum atomic E-state index is 0.705. The van der Waals surface area contributed by atoms with Gasteiger partial charge in [0.1, 0.15) is 0 Å². The Bertz CT molecular complexity index is 187. The van der Waals surface area contributed by atoms with E-state index in [4.69, 9.17) is 0 Å². The zero-order valence-electron chi connectivity index (χ0n) is 10.8. The molecule has 0 heterocycles. The number of hydrogen-bond donors (Lipinski definition) is 1.